The smallest absolute Gasteiger partial charge is 0.254 e. The first-order valence-electron chi connectivity index (χ1n) is 6.41. The van der Waals surface area contributed by atoms with Crippen LogP contribution in [0.4, 0.5) is 0 Å². The summed E-state index contributed by atoms with van der Waals surface area (Å²) in [7, 11) is 0. The second-order valence-corrected chi connectivity index (χ2v) is 6.02. The number of nitrogens with one attached hydrogen (secondary N) is 1. The number of likely N-dealkylation sites (tertiary alicyclic amines) is 1. The number of amides is 1. The van der Waals surface area contributed by atoms with E-state index in [0.717, 1.165) is 30.5 Å². The highest BCUT2D eigenvalue weighted by Gasteiger charge is 2.22. The Morgan fingerprint density at radius 1 is 1.68 bits per heavy atom. The van der Waals surface area contributed by atoms with Crippen LogP contribution in [-0.2, 0) is 0 Å². The summed E-state index contributed by atoms with van der Waals surface area (Å²) in [6.07, 6.45) is 2.72. The lowest BCUT2D eigenvalue weighted by Gasteiger charge is -2.14. The molecule has 1 fully saturated rings. The minimum Gasteiger partial charge on any atom is -0.352 e. The lowest BCUT2D eigenvalue weighted by molar-refractivity contribution is 0.0947. The SMILES string of the molecule is CCN1CCC(CNC(=O)c2cc(Br)cnc2Cl)C1. The lowest BCUT2D eigenvalue weighted by atomic mass is 10.1. The van der Waals surface area contributed by atoms with Gasteiger partial charge < -0.3 is 10.2 Å². The van der Waals surface area contributed by atoms with Gasteiger partial charge in [0.15, 0.2) is 0 Å². The van der Waals surface area contributed by atoms with Crippen molar-refractivity contribution >= 4 is 33.4 Å². The number of carbonyl (C=O) groups excluding carboxylic acids is 1. The maximum Gasteiger partial charge on any atom is 0.254 e. The molecule has 1 saturated heterocycles. The molecule has 1 aromatic heterocycles. The van der Waals surface area contributed by atoms with E-state index >= 15 is 0 Å². The molecule has 2 rings (SSSR count). The van der Waals surface area contributed by atoms with Gasteiger partial charge in [-0.15, -0.1) is 0 Å². The molecule has 0 radical (unpaired) electrons. The Morgan fingerprint density at radius 3 is 3.16 bits per heavy atom. The topological polar surface area (TPSA) is 45.2 Å². The molecule has 1 aliphatic rings. The van der Waals surface area contributed by atoms with Gasteiger partial charge in [-0.2, -0.15) is 0 Å². The van der Waals surface area contributed by atoms with Crippen LogP contribution in [0.1, 0.15) is 23.7 Å². The molecule has 19 heavy (non-hydrogen) atoms. The Labute approximate surface area is 126 Å². The molecule has 1 aromatic rings. The van der Waals surface area contributed by atoms with Crippen LogP contribution in [0.3, 0.4) is 0 Å². The molecule has 4 nitrogen and oxygen atoms in total. The molecule has 1 amide bonds. The lowest BCUT2D eigenvalue weighted by Crippen LogP contribution is -2.31. The van der Waals surface area contributed by atoms with Gasteiger partial charge in [0.1, 0.15) is 5.15 Å². The average molecular weight is 347 g/mol. The standard InChI is InChI=1S/C13H17BrClN3O/c1-2-18-4-3-9(8-18)6-17-13(19)11-5-10(14)7-16-12(11)15/h5,7,9H,2-4,6,8H2,1H3,(H,17,19). The van der Waals surface area contributed by atoms with Crippen molar-refractivity contribution in [3.8, 4) is 0 Å². The Balaban J connectivity index is 1.89. The van der Waals surface area contributed by atoms with Gasteiger partial charge in [-0.05, 0) is 47.4 Å². The molecule has 6 heteroatoms. The third-order valence-corrected chi connectivity index (χ3v) is 4.15. The number of pyridine rings is 1. The molecule has 0 bridgehead atoms. The molecule has 0 aliphatic carbocycles. The number of hydrogen-bond acceptors (Lipinski definition) is 3. The van der Waals surface area contributed by atoms with Gasteiger partial charge in [-0.3, -0.25) is 4.79 Å². The van der Waals surface area contributed by atoms with Crippen LogP contribution in [0.2, 0.25) is 5.15 Å². The van der Waals surface area contributed by atoms with Gasteiger partial charge >= 0.3 is 0 Å². The van der Waals surface area contributed by atoms with Crippen LogP contribution < -0.4 is 5.32 Å². The van der Waals surface area contributed by atoms with E-state index in [9.17, 15) is 4.79 Å². The molecule has 1 N–H and O–H groups in total. The summed E-state index contributed by atoms with van der Waals surface area (Å²) in [5.74, 6) is 0.372. The van der Waals surface area contributed by atoms with Crippen LogP contribution in [0.25, 0.3) is 0 Å². The number of nitrogens with zero attached hydrogens (tertiary/aromatic N) is 2. The van der Waals surface area contributed by atoms with Crippen LogP contribution in [0.15, 0.2) is 16.7 Å². The van der Waals surface area contributed by atoms with E-state index in [0.29, 0.717) is 18.0 Å². The van der Waals surface area contributed by atoms with Crippen LogP contribution in [-0.4, -0.2) is 42.0 Å². The van der Waals surface area contributed by atoms with Gasteiger partial charge in [0.05, 0.1) is 5.56 Å². The average Bonchev–Trinajstić information content (AvgIpc) is 2.87. The van der Waals surface area contributed by atoms with Crippen molar-refractivity contribution in [2.45, 2.75) is 13.3 Å². The predicted octanol–water partition coefficient (Wildman–Crippen LogP) is 2.57. The summed E-state index contributed by atoms with van der Waals surface area (Å²) in [5, 5.41) is 3.18. The quantitative estimate of drug-likeness (QED) is 0.852. The van der Waals surface area contributed by atoms with E-state index in [-0.39, 0.29) is 11.1 Å². The van der Waals surface area contributed by atoms with E-state index in [4.69, 9.17) is 11.6 Å². The van der Waals surface area contributed by atoms with Crippen molar-refractivity contribution in [1.29, 1.82) is 0 Å². The van der Waals surface area contributed by atoms with Crippen LogP contribution >= 0.6 is 27.5 Å². The van der Waals surface area contributed by atoms with Crippen LogP contribution in [0.5, 0.6) is 0 Å². The second kappa shape index (κ2) is 6.68. The third kappa shape index (κ3) is 3.91. The first-order chi connectivity index (χ1) is 9.10. The molecular weight excluding hydrogens is 330 g/mol. The van der Waals surface area contributed by atoms with E-state index in [1.54, 1.807) is 12.3 Å². The van der Waals surface area contributed by atoms with Crippen molar-refractivity contribution in [3.05, 3.63) is 27.5 Å². The fourth-order valence-electron chi connectivity index (χ4n) is 2.28. The Kier molecular flexibility index (Phi) is 5.19. The highest BCUT2D eigenvalue weighted by molar-refractivity contribution is 9.10. The molecule has 1 aliphatic heterocycles. The first kappa shape index (κ1) is 14.8. The number of halogens is 2. The zero-order valence-electron chi connectivity index (χ0n) is 10.8. The molecule has 2 heterocycles. The molecule has 0 spiro atoms. The summed E-state index contributed by atoms with van der Waals surface area (Å²) in [4.78, 5) is 18.4. The minimum absolute atomic E-state index is 0.159. The number of aromatic nitrogens is 1. The monoisotopic (exact) mass is 345 g/mol. The summed E-state index contributed by atoms with van der Waals surface area (Å²) in [5.41, 5.74) is 0.418. The third-order valence-electron chi connectivity index (χ3n) is 3.42. The van der Waals surface area contributed by atoms with Gasteiger partial charge in [0.25, 0.3) is 5.91 Å². The predicted molar refractivity (Wildman–Crippen MR) is 79.5 cm³/mol. The van der Waals surface area contributed by atoms with Crippen molar-refractivity contribution in [2.75, 3.05) is 26.2 Å². The molecule has 1 unspecified atom stereocenters. The van der Waals surface area contributed by atoms with Gasteiger partial charge in [-0.25, -0.2) is 4.98 Å². The summed E-state index contributed by atoms with van der Waals surface area (Å²) < 4.78 is 0.750. The maximum absolute atomic E-state index is 12.1. The van der Waals surface area contributed by atoms with Gasteiger partial charge in [-0.1, -0.05) is 18.5 Å². The molecule has 0 aromatic carbocycles. The second-order valence-electron chi connectivity index (χ2n) is 4.75. The fourth-order valence-corrected chi connectivity index (χ4v) is 2.80. The maximum atomic E-state index is 12.1. The Morgan fingerprint density at radius 2 is 2.47 bits per heavy atom. The van der Waals surface area contributed by atoms with Crippen molar-refractivity contribution in [1.82, 2.24) is 15.2 Å². The van der Waals surface area contributed by atoms with Crippen LogP contribution in [0, 0.1) is 5.92 Å². The Bertz CT molecular complexity index is 469. The number of carbonyl (C=O) groups is 1. The van der Waals surface area contributed by atoms with E-state index in [1.807, 2.05) is 0 Å². The van der Waals surface area contributed by atoms with E-state index < -0.39 is 0 Å². The molecule has 1 atom stereocenters. The zero-order chi connectivity index (χ0) is 13.8. The Hall–Kier alpha value is -0.650. The normalized spacial score (nSPS) is 19.6. The van der Waals surface area contributed by atoms with Crippen molar-refractivity contribution in [2.24, 2.45) is 5.92 Å². The van der Waals surface area contributed by atoms with Gasteiger partial charge in [0.2, 0.25) is 0 Å². The molecule has 0 saturated carbocycles. The first-order valence-corrected chi connectivity index (χ1v) is 7.58. The highest BCUT2D eigenvalue weighted by atomic mass is 79.9. The fraction of sp³-hybridized carbons (Fsp3) is 0.538. The summed E-state index contributed by atoms with van der Waals surface area (Å²) in [6, 6.07) is 1.69. The van der Waals surface area contributed by atoms with Crippen molar-refractivity contribution in [3.63, 3.8) is 0 Å². The van der Waals surface area contributed by atoms with E-state index in [1.165, 1.54) is 0 Å². The van der Waals surface area contributed by atoms with Crippen molar-refractivity contribution < 1.29 is 4.79 Å². The highest BCUT2D eigenvalue weighted by Crippen LogP contribution is 2.19. The minimum atomic E-state index is -0.159. The molecule has 104 valence electrons. The van der Waals surface area contributed by atoms with Gasteiger partial charge in [0, 0.05) is 23.8 Å². The largest absolute Gasteiger partial charge is 0.352 e. The number of rotatable bonds is 4. The number of hydrogen-bond donors (Lipinski definition) is 1. The molecular formula is C13H17BrClN3O. The summed E-state index contributed by atoms with van der Waals surface area (Å²) >= 11 is 9.22. The summed E-state index contributed by atoms with van der Waals surface area (Å²) in [6.45, 7) is 6.11. The van der Waals surface area contributed by atoms with E-state index in [2.05, 4.69) is 38.1 Å². The zero-order valence-corrected chi connectivity index (χ0v) is 13.2.